The first-order valence-corrected chi connectivity index (χ1v) is 10.4. The van der Waals surface area contributed by atoms with Crippen molar-refractivity contribution in [3.05, 3.63) is 47.7 Å². The lowest BCUT2D eigenvalue weighted by molar-refractivity contribution is -0.892. The number of anilines is 1. The van der Waals surface area contributed by atoms with Crippen LogP contribution >= 0.6 is 11.3 Å². The molecule has 1 aliphatic rings. The molecule has 3 aromatic rings. The Morgan fingerprint density at radius 2 is 1.93 bits per heavy atom. The number of hydrogen-bond acceptors (Lipinski definition) is 6. The van der Waals surface area contributed by atoms with Crippen LogP contribution in [0.4, 0.5) is 5.95 Å². The smallest absolute Gasteiger partial charge is 0.278 e. The number of carbonyl (C=O) groups excluding carboxylic acids is 1. The summed E-state index contributed by atoms with van der Waals surface area (Å²) in [5, 5.41) is 0.984. The van der Waals surface area contributed by atoms with E-state index in [0.29, 0.717) is 6.54 Å². The lowest BCUT2D eigenvalue weighted by Crippen LogP contribution is -3.15. The number of nitrogens with one attached hydrogen (secondary N) is 1. The molecule has 1 amide bonds. The van der Waals surface area contributed by atoms with Gasteiger partial charge in [0.1, 0.15) is 5.01 Å². The third-order valence-corrected chi connectivity index (χ3v) is 6.56. The lowest BCUT2D eigenvalue weighted by atomic mass is 10.2. The maximum absolute atomic E-state index is 12.8. The molecule has 1 aliphatic heterocycles. The Balaban J connectivity index is 1.33. The minimum Gasteiger partial charge on any atom is -0.332 e. The molecule has 2 aromatic heterocycles. The molecular weight excluding hydrogens is 372 g/mol. The van der Waals surface area contributed by atoms with Crippen LogP contribution in [0.2, 0.25) is 0 Å². The third-order valence-electron chi connectivity index (χ3n) is 5.35. The SMILES string of the molecule is C[C@H](c1nc2ccccc2s1)N(C)C(=O)C[NH+]1CCN(c2ncccn2)CC1. The Morgan fingerprint density at radius 1 is 1.21 bits per heavy atom. The van der Waals surface area contributed by atoms with Crippen molar-refractivity contribution in [3.63, 3.8) is 0 Å². The number of aromatic nitrogens is 3. The molecule has 7 nitrogen and oxygen atoms in total. The molecule has 0 saturated carbocycles. The normalized spacial score (nSPS) is 16.3. The Morgan fingerprint density at radius 3 is 2.64 bits per heavy atom. The molecule has 0 unspecified atom stereocenters. The highest BCUT2D eigenvalue weighted by molar-refractivity contribution is 7.18. The van der Waals surface area contributed by atoms with Gasteiger partial charge in [-0.15, -0.1) is 11.3 Å². The molecule has 1 aromatic carbocycles. The average Bonchev–Trinajstić information content (AvgIpc) is 3.18. The van der Waals surface area contributed by atoms with Crippen LogP contribution < -0.4 is 9.80 Å². The largest absolute Gasteiger partial charge is 0.332 e. The summed E-state index contributed by atoms with van der Waals surface area (Å²) in [5.41, 5.74) is 1.00. The van der Waals surface area contributed by atoms with Crippen LogP contribution in [0.15, 0.2) is 42.7 Å². The van der Waals surface area contributed by atoms with Crippen LogP contribution in [0, 0.1) is 0 Å². The number of nitrogens with zero attached hydrogens (tertiary/aromatic N) is 5. The van der Waals surface area contributed by atoms with E-state index in [4.69, 9.17) is 4.98 Å². The Bertz CT molecular complexity index is 905. The molecule has 0 aliphatic carbocycles. The van der Waals surface area contributed by atoms with E-state index in [2.05, 4.69) is 27.9 Å². The highest BCUT2D eigenvalue weighted by atomic mass is 32.1. The molecule has 0 radical (unpaired) electrons. The predicted octanol–water partition coefficient (Wildman–Crippen LogP) is 1.01. The summed E-state index contributed by atoms with van der Waals surface area (Å²) in [4.78, 5) is 31.5. The number of quaternary nitrogens is 1. The number of amides is 1. The van der Waals surface area contributed by atoms with E-state index in [1.165, 1.54) is 4.90 Å². The van der Waals surface area contributed by atoms with Crippen molar-refractivity contribution in [2.75, 3.05) is 44.7 Å². The van der Waals surface area contributed by atoms with Gasteiger partial charge in [-0.05, 0) is 25.1 Å². The molecule has 8 heteroatoms. The van der Waals surface area contributed by atoms with Crippen molar-refractivity contribution in [2.24, 2.45) is 0 Å². The number of rotatable bonds is 5. The highest BCUT2D eigenvalue weighted by Gasteiger charge is 2.27. The molecule has 146 valence electrons. The quantitative estimate of drug-likeness (QED) is 0.696. The van der Waals surface area contributed by atoms with Gasteiger partial charge < -0.3 is 14.7 Å². The van der Waals surface area contributed by atoms with Gasteiger partial charge in [0.05, 0.1) is 42.4 Å². The molecule has 1 N–H and O–H groups in total. The van der Waals surface area contributed by atoms with Gasteiger partial charge in [0.15, 0.2) is 6.54 Å². The summed E-state index contributed by atoms with van der Waals surface area (Å²) >= 11 is 1.66. The third kappa shape index (κ3) is 3.98. The van der Waals surface area contributed by atoms with Gasteiger partial charge in [0.2, 0.25) is 5.95 Å². The minimum absolute atomic E-state index is 0.0247. The van der Waals surface area contributed by atoms with Crippen molar-refractivity contribution >= 4 is 33.4 Å². The number of thiazole rings is 1. The summed E-state index contributed by atoms with van der Waals surface area (Å²) < 4.78 is 1.16. The van der Waals surface area contributed by atoms with Crippen LogP contribution in [-0.2, 0) is 4.79 Å². The van der Waals surface area contributed by atoms with Gasteiger partial charge in [-0.1, -0.05) is 12.1 Å². The first kappa shape index (κ1) is 18.8. The molecule has 28 heavy (non-hydrogen) atoms. The molecule has 0 spiro atoms. The second-order valence-corrected chi connectivity index (χ2v) is 8.23. The Kier molecular flexibility index (Phi) is 5.50. The van der Waals surface area contributed by atoms with Gasteiger partial charge in [-0.25, -0.2) is 15.0 Å². The van der Waals surface area contributed by atoms with E-state index >= 15 is 0 Å². The summed E-state index contributed by atoms with van der Waals surface area (Å²) in [6.07, 6.45) is 3.53. The van der Waals surface area contributed by atoms with Crippen molar-refractivity contribution in [1.82, 2.24) is 19.9 Å². The zero-order valence-electron chi connectivity index (χ0n) is 16.2. The van der Waals surface area contributed by atoms with Crippen molar-refractivity contribution in [1.29, 1.82) is 0 Å². The van der Waals surface area contributed by atoms with Crippen molar-refractivity contribution in [2.45, 2.75) is 13.0 Å². The summed E-state index contributed by atoms with van der Waals surface area (Å²) in [6, 6.07) is 9.91. The van der Waals surface area contributed by atoms with Gasteiger partial charge >= 0.3 is 0 Å². The van der Waals surface area contributed by atoms with Crippen LogP contribution in [0.25, 0.3) is 10.2 Å². The van der Waals surface area contributed by atoms with Crippen LogP contribution in [-0.4, -0.2) is 65.5 Å². The van der Waals surface area contributed by atoms with Crippen LogP contribution in [0.1, 0.15) is 18.0 Å². The molecule has 3 heterocycles. The minimum atomic E-state index is -0.0247. The lowest BCUT2D eigenvalue weighted by Gasteiger charge is -2.33. The fourth-order valence-corrected chi connectivity index (χ4v) is 4.51. The number of fused-ring (bicyclic) bond motifs is 1. The first-order chi connectivity index (χ1) is 13.6. The van der Waals surface area contributed by atoms with Crippen LogP contribution in [0.3, 0.4) is 0 Å². The molecule has 1 fully saturated rings. The number of hydrogen-bond donors (Lipinski definition) is 1. The van der Waals surface area contributed by atoms with Gasteiger partial charge in [-0.3, -0.25) is 4.79 Å². The summed E-state index contributed by atoms with van der Waals surface area (Å²) in [6.45, 7) is 6.11. The number of para-hydroxylation sites is 1. The van der Waals surface area contributed by atoms with E-state index in [9.17, 15) is 4.79 Å². The van der Waals surface area contributed by atoms with E-state index in [0.717, 1.165) is 47.4 Å². The van der Waals surface area contributed by atoms with E-state index in [-0.39, 0.29) is 11.9 Å². The summed E-state index contributed by atoms with van der Waals surface area (Å²) in [7, 11) is 1.88. The fourth-order valence-electron chi connectivity index (χ4n) is 3.44. The van der Waals surface area contributed by atoms with Crippen molar-refractivity contribution in [3.8, 4) is 0 Å². The van der Waals surface area contributed by atoms with E-state index in [1.54, 1.807) is 23.7 Å². The topological polar surface area (TPSA) is 66.7 Å². The monoisotopic (exact) mass is 397 g/mol. The standard InChI is InChI=1S/C20H24N6OS/c1-15(19-23-16-6-3-4-7-17(16)28-19)24(2)18(27)14-25-10-12-26(13-11-25)20-21-8-5-9-22-20/h3-9,15H,10-14H2,1-2H3/p+1/t15-/m1/s1. The number of benzene rings is 1. The summed E-state index contributed by atoms with van der Waals surface area (Å²) in [5.74, 6) is 0.931. The highest BCUT2D eigenvalue weighted by Crippen LogP contribution is 2.28. The molecular formula is C20H25N6OS+. The van der Waals surface area contributed by atoms with Gasteiger partial charge in [0.25, 0.3) is 5.91 Å². The first-order valence-electron chi connectivity index (χ1n) is 9.58. The second kappa shape index (κ2) is 8.20. The van der Waals surface area contributed by atoms with Crippen LogP contribution in [0.5, 0.6) is 0 Å². The molecule has 1 atom stereocenters. The van der Waals surface area contributed by atoms with Crippen molar-refractivity contribution < 1.29 is 9.69 Å². The maximum atomic E-state index is 12.8. The second-order valence-electron chi connectivity index (χ2n) is 7.16. The number of carbonyl (C=O) groups is 1. The molecule has 0 bridgehead atoms. The van der Waals surface area contributed by atoms with Gasteiger partial charge in [0, 0.05) is 19.4 Å². The molecule has 1 saturated heterocycles. The Hall–Kier alpha value is -2.58. The van der Waals surface area contributed by atoms with Gasteiger partial charge in [-0.2, -0.15) is 0 Å². The number of piperazine rings is 1. The molecule has 4 rings (SSSR count). The number of likely N-dealkylation sites (N-methyl/N-ethyl adjacent to an activating group) is 1. The van der Waals surface area contributed by atoms with E-state index < -0.39 is 0 Å². The fraction of sp³-hybridized carbons (Fsp3) is 0.400. The average molecular weight is 398 g/mol. The zero-order chi connectivity index (χ0) is 19.5. The van der Waals surface area contributed by atoms with E-state index in [1.807, 2.05) is 36.2 Å². The zero-order valence-corrected chi connectivity index (χ0v) is 17.0. The Labute approximate surface area is 168 Å². The predicted molar refractivity (Wildman–Crippen MR) is 111 cm³/mol. The maximum Gasteiger partial charge on any atom is 0.278 e.